The van der Waals surface area contributed by atoms with Gasteiger partial charge in [0.05, 0.1) is 11.3 Å². The van der Waals surface area contributed by atoms with Crippen molar-refractivity contribution in [2.75, 3.05) is 11.9 Å². The Hall–Kier alpha value is -2.89. The van der Waals surface area contributed by atoms with E-state index in [9.17, 15) is 5.11 Å². The molecule has 130 valence electrons. The van der Waals surface area contributed by atoms with Crippen LogP contribution in [-0.2, 0) is 13.5 Å². The van der Waals surface area contributed by atoms with Crippen LogP contribution in [0.15, 0.2) is 30.3 Å². The van der Waals surface area contributed by atoms with E-state index in [0.717, 1.165) is 47.0 Å². The van der Waals surface area contributed by atoms with Gasteiger partial charge in [0.2, 0.25) is 0 Å². The zero-order valence-electron chi connectivity index (χ0n) is 15.0. The van der Waals surface area contributed by atoms with Crippen LogP contribution in [0.1, 0.15) is 22.6 Å². The minimum Gasteiger partial charge on any atom is -0.508 e. The van der Waals surface area contributed by atoms with Gasteiger partial charge in [0.15, 0.2) is 5.82 Å². The third-order valence-corrected chi connectivity index (χ3v) is 4.24. The smallest absolute Gasteiger partial charge is 0.165 e. The van der Waals surface area contributed by atoms with Crippen molar-refractivity contribution in [1.29, 1.82) is 0 Å². The summed E-state index contributed by atoms with van der Waals surface area (Å²) in [6, 6.07) is 9.21. The number of phenols is 1. The minimum absolute atomic E-state index is 0.287. The largest absolute Gasteiger partial charge is 0.508 e. The second-order valence-corrected chi connectivity index (χ2v) is 6.23. The van der Waals surface area contributed by atoms with Crippen LogP contribution in [0.25, 0.3) is 11.4 Å². The maximum Gasteiger partial charge on any atom is 0.165 e. The Morgan fingerprint density at radius 3 is 2.44 bits per heavy atom. The molecule has 0 spiro atoms. The van der Waals surface area contributed by atoms with E-state index in [0.29, 0.717) is 5.82 Å². The minimum atomic E-state index is 0.287. The van der Waals surface area contributed by atoms with Gasteiger partial charge in [-0.3, -0.25) is 4.68 Å². The van der Waals surface area contributed by atoms with Crippen molar-refractivity contribution in [1.82, 2.24) is 19.7 Å². The molecule has 6 heteroatoms. The summed E-state index contributed by atoms with van der Waals surface area (Å²) in [7, 11) is 1.93. The van der Waals surface area contributed by atoms with Crippen LogP contribution in [-0.4, -0.2) is 31.4 Å². The summed E-state index contributed by atoms with van der Waals surface area (Å²) in [5.74, 6) is 1.80. The molecule has 3 aromatic rings. The summed E-state index contributed by atoms with van der Waals surface area (Å²) in [5.41, 5.74) is 5.06. The number of aromatic nitrogens is 4. The molecular formula is C19H23N5O. The van der Waals surface area contributed by atoms with Crippen molar-refractivity contribution in [3.05, 3.63) is 53.0 Å². The lowest BCUT2D eigenvalue weighted by molar-refractivity contribution is 0.475. The Bertz CT molecular complexity index is 884. The van der Waals surface area contributed by atoms with Crippen LogP contribution < -0.4 is 5.32 Å². The summed E-state index contributed by atoms with van der Waals surface area (Å²) in [4.78, 5) is 9.25. The molecule has 25 heavy (non-hydrogen) atoms. The van der Waals surface area contributed by atoms with Crippen molar-refractivity contribution in [3.8, 4) is 17.1 Å². The Kier molecular flexibility index (Phi) is 4.70. The molecule has 0 atom stereocenters. The first-order chi connectivity index (χ1) is 11.9. The predicted octanol–water partition coefficient (Wildman–Crippen LogP) is 3.16. The van der Waals surface area contributed by atoms with Crippen LogP contribution >= 0.6 is 0 Å². The third-order valence-electron chi connectivity index (χ3n) is 4.24. The van der Waals surface area contributed by atoms with E-state index in [-0.39, 0.29) is 5.75 Å². The molecule has 2 heterocycles. The van der Waals surface area contributed by atoms with Gasteiger partial charge in [-0.15, -0.1) is 0 Å². The summed E-state index contributed by atoms with van der Waals surface area (Å²) in [6.45, 7) is 6.73. The van der Waals surface area contributed by atoms with Crippen molar-refractivity contribution >= 4 is 5.82 Å². The second kappa shape index (κ2) is 6.93. The van der Waals surface area contributed by atoms with Crippen LogP contribution in [0.2, 0.25) is 0 Å². The van der Waals surface area contributed by atoms with E-state index in [1.54, 1.807) is 12.1 Å². The van der Waals surface area contributed by atoms with Crippen molar-refractivity contribution < 1.29 is 5.11 Å². The van der Waals surface area contributed by atoms with Gasteiger partial charge in [0.25, 0.3) is 0 Å². The Morgan fingerprint density at radius 2 is 1.80 bits per heavy atom. The summed E-state index contributed by atoms with van der Waals surface area (Å²) >= 11 is 0. The molecule has 0 fully saturated rings. The van der Waals surface area contributed by atoms with Crippen molar-refractivity contribution in [2.24, 2.45) is 7.05 Å². The number of rotatable bonds is 5. The molecule has 0 saturated heterocycles. The number of phenolic OH excluding ortho intramolecular Hbond substituents is 1. The molecule has 6 nitrogen and oxygen atoms in total. The molecule has 0 saturated carbocycles. The zero-order chi connectivity index (χ0) is 18.0. The molecule has 0 radical (unpaired) electrons. The van der Waals surface area contributed by atoms with Crippen molar-refractivity contribution in [3.63, 3.8) is 0 Å². The van der Waals surface area contributed by atoms with E-state index in [2.05, 4.69) is 20.4 Å². The maximum absolute atomic E-state index is 9.34. The number of nitrogens with zero attached hydrogens (tertiary/aromatic N) is 4. The fraction of sp³-hybridized carbons (Fsp3) is 0.316. The third kappa shape index (κ3) is 3.79. The van der Waals surface area contributed by atoms with E-state index >= 15 is 0 Å². The van der Waals surface area contributed by atoms with Gasteiger partial charge in [-0.2, -0.15) is 5.10 Å². The van der Waals surface area contributed by atoms with Crippen LogP contribution in [0.4, 0.5) is 5.82 Å². The average molecular weight is 337 g/mol. The molecule has 3 rings (SSSR count). The molecule has 2 N–H and O–H groups in total. The van der Waals surface area contributed by atoms with E-state index in [1.807, 2.05) is 50.7 Å². The first-order valence-electron chi connectivity index (χ1n) is 8.32. The number of aromatic hydroxyl groups is 1. The van der Waals surface area contributed by atoms with Crippen LogP contribution in [0, 0.1) is 20.8 Å². The maximum atomic E-state index is 9.34. The Labute approximate surface area is 147 Å². The van der Waals surface area contributed by atoms with E-state index in [4.69, 9.17) is 0 Å². The van der Waals surface area contributed by atoms with Gasteiger partial charge < -0.3 is 10.4 Å². The van der Waals surface area contributed by atoms with Crippen LogP contribution in [0.3, 0.4) is 0 Å². The van der Waals surface area contributed by atoms with E-state index in [1.165, 1.54) is 0 Å². The topological polar surface area (TPSA) is 75.9 Å². The highest BCUT2D eigenvalue weighted by atomic mass is 16.3. The molecule has 0 bridgehead atoms. The lowest BCUT2D eigenvalue weighted by atomic mass is 10.1. The first kappa shape index (κ1) is 17.0. The highest BCUT2D eigenvalue weighted by molar-refractivity contribution is 5.63. The summed E-state index contributed by atoms with van der Waals surface area (Å²) in [5, 5.41) is 17.2. The van der Waals surface area contributed by atoms with Gasteiger partial charge in [-0.25, -0.2) is 9.97 Å². The van der Waals surface area contributed by atoms with Crippen LogP contribution in [0.5, 0.6) is 5.75 Å². The summed E-state index contributed by atoms with van der Waals surface area (Å²) < 4.78 is 1.86. The summed E-state index contributed by atoms with van der Waals surface area (Å²) in [6.07, 6.45) is 0.851. The number of anilines is 1. The lowest BCUT2D eigenvalue weighted by Gasteiger charge is -2.09. The Balaban J connectivity index is 1.76. The number of benzene rings is 1. The number of aryl methyl sites for hydroxylation is 3. The fourth-order valence-corrected chi connectivity index (χ4v) is 2.87. The zero-order valence-corrected chi connectivity index (χ0v) is 15.0. The number of hydrogen-bond acceptors (Lipinski definition) is 5. The molecule has 0 unspecified atom stereocenters. The van der Waals surface area contributed by atoms with Gasteiger partial charge in [-0.1, -0.05) is 12.1 Å². The molecule has 1 aromatic carbocycles. The molecular weight excluding hydrogens is 314 g/mol. The number of hydrogen-bond donors (Lipinski definition) is 2. The van der Waals surface area contributed by atoms with Gasteiger partial charge in [0, 0.05) is 31.0 Å². The molecule has 0 amide bonds. The Morgan fingerprint density at radius 1 is 1.08 bits per heavy atom. The molecule has 0 aliphatic rings. The van der Waals surface area contributed by atoms with E-state index < -0.39 is 0 Å². The molecule has 0 aliphatic carbocycles. The van der Waals surface area contributed by atoms with Gasteiger partial charge >= 0.3 is 0 Å². The lowest BCUT2D eigenvalue weighted by Crippen LogP contribution is -2.08. The number of nitrogens with one attached hydrogen (secondary N) is 1. The fourth-order valence-electron chi connectivity index (χ4n) is 2.87. The highest BCUT2D eigenvalue weighted by Gasteiger charge is 2.15. The average Bonchev–Trinajstić information content (AvgIpc) is 2.81. The first-order valence-corrected chi connectivity index (χ1v) is 8.32. The molecule has 0 aliphatic heterocycles. The normalized spacial score (nSPS) is 10.9. The quantitative estimate of drug-likeness (QED) is 0.748. The van der Waals surface area contributed by atoms with Gasteiger partial charge in [0.1, 0.15) is 11.6 Å². The SMILES string of the molecule is Cc1cc(NCCc2ccc(O)cc2)nc(-c2c(C)nn(C)c2C)n1. The standard InChI is InChI=1S/C19H23N5O/c1-12-11-17(20-10-9-15-5-7-16(25)8-6-15)22-19(21-12)18-13(2)23-24(4)14(18)3/h5-8,11,25H,9-10H2,1-4H3,(H,20,21,22). The predicted molar refractivity (Wildman–Crippen MR) is 98.7 cm³/mol. The highest BCUT2D eigenvalue weighted by Crippen LogP contribution is 2.24. The molecule has 2 aromatic heterocycles. The van der Waals surface area contributed by atoms with Gasteiger partial charge in [-0.05, 0) is 44.9 Å². The second-order valence-electron chi connectivity index (χ2n) is 6.23. The van der Waals surface area contributed by atoms with Crippen molar-refractivity contribution in [2.45, 2.75) is 27.2 Å². The monoisotopic (exact) mass is 337 g/mol.